The topological polar surface area (TPSA) is 49.4 Å². The fraction of sp³-hybridized carbons (Fsp3) is 0.0909. The molecule has 140 valence electrons. The molecule has 0 radical (unpaired) electrons. The van der Waals surface area contributed by atoms with Crippen LogP contribution in [0, 0.1) is 19.7 Å². The van der Waals surface area contributed by atoms with E-state index >= 15 is 0 Å². The quantitative estimate of drug-likeness (QED) is 0.643. The minimum absolute atomic E-state index is 0.192. The van der Waals surface area contributed by atoms with E-state index in [9.17, 15) is 14.0 Å². The zero-order valence-electron chi connectivity index (χ0n) is 15.3. The summed E-state index contributed by atoms with van der Waals surface area (Å²) in [5.41, 5.74) is 3.66. The van der Waals surface area contributed by atoms with Crippen molar-refractivity contribution in [3.63, 3.8) is 0 Å². The van der Waals surface area contributed by atoms with Crippen LogP contribution in [0.3, 0.4) is 0 Å². The number of imide groups is 1. The van der Waals surface area contributed by atoms with Crippen LogP contribution < -0.4 is 10.2 Å². The predicted octanol–water partition coefficient (Wildman–Crippen LogP) is 4.90. The number of amides is 2. The van der Waals surface area contributed by atoms with Gasteiger partial charge in [-0.3, -0.25) is 9.59 Å². The molecular formula is C22H17FN2O2S. The molecule has 4 rings (SSSR count). The molecule has 28 heavy (non-hydrogen) atoms. The molecule has 4 nitrogen and oxygen atoms in total. The number of rotatable bonds is 4. The van der Waals surface area contributed by atoms with Crippen molar-refractivity contribution in [2.24, 2.45) is 0 Å². The summed E-state index contributed by atoms with van der Waals surface area (Å²) in [6, 6.07) is 14.8. The number of halogens is 1. The van der Waals surface area contributed by atoms with E-state index in [1.807, 2.05) is 37.4 Å². The second-order valence-electron chi connectivity index (χ2n) is 6.57. The smallest absolute Gasteiger partial charge is 0.282 e. The molecule has 1 aliphatic heterocycles. The monoisotopic (exact) mass is 392 g/mol. The Labute approximate surface area is 165 Å². The molecular weight excluding hydrogens is 375 g/mol. The van der Waals surface area contributed by atoms with Crippen LogP contribution in [0.15, 0.2) is 65.7 Å². The summed E-state index contributed by atoms with van der Waals surface area (Å²) < 4.78 is 13.2. The first-order valence-corrected chi connectivity index (χ1v) is 9.60. The van der Waals surface area contributed by atoms with Crippen molar-refractivity contribution in [3.8, 4) is 0 Å². The van der Waals surface area contributed by atoms with Crippen molar-refractivity contribution in [1.82, 2.24) is 0 Å². The van der Waals surface area contributed by atoms with Crippen LogP contribution in [0.2, 0.25) is 0 Å². The van der Waals surface area contributed by atoms with Crippen molar-refractivity contribution >= 4 is 40.1 Å². The summed E-state index contributed by atoms with van der Waals surface area (Å²) in [4.78, 5) is 28.3. The molecule has 2 heterocycles. The van der Waals surface area contributed by atoms with Gasteiger partial charge < -0.3 is 5.32 Å². The molecule has 3 aromatic rings. The molecule has 0 atom stereocenters. The summed E-state index contributed by atoms with van der Waals surface area (Å²) in [5.74, 6) is -1.18. The van der Waals surface area contributed by atoms with Gasteiger partial charge in [0.05, 0.1) is 11.3 Å². The molecule has 0 bridgehead atoms. The Morgan fingerprint density at radius 3 is 2.32 bits per heavy atom. The minimum Gasteiger partial charge on any atom is -0.350 e. The third kappa shape index (κ3) is 3.12. The van der Waals surface area contributed by atoms with Gasteiger partial charge in [0.15, 0.2) is 0 Å². The van der Waals surface area contributed by atoms with E-state index in [-0.39, 0.29) is 17.4 Å². The molecule has 0 saturated heterocycles. The largest absolute Gasteiger partial charge is 0.350 e. The number of nitrogens with one attached hydrogen (secondary N) is 1. The van der Waals surface area contributed by atoms with Gasteiger partial charge in [0.25, 0.3) is 11.8 Å². The third-order valence-corrected chi connectivity index (χ3v) is 5.60. The van der Waals surface area contributed by atoms with Gasteiger partial charge >= 0.3 is 0 Å². The number of carbonyl (C=O) groups is 2. The highest BCUT2D eigenvalue weighted by Gasteiger charge is 2.40. The van der Waals surface area contributed by atoms with E-state index in [1.54, 1.807) is 12.1 Å². The highest BCUT2D eigenvalue weighted by atomic mass is 32.1. The van der Waals surface area contributed by atoms with Crippen molar-refractivity contribution < 1.29 is 14.0 Å². The Hall–Kier alpha value is -3.25. The number of aryl methyl sites for hydroxylation is 2. The van der Waals surface area contributed by atoms with E-state index in [0.717, 1.165) is 11.1 Å². The van der Waals surface area contributed by atoms with Gasteiger partial charge in [-0.25, -0.2) is 9.29 Å². The average molecular weight is 392 g/mol. The molecule has 2 amide bonds. The van der Waals surface area contributed by atoms with Crippen molar-refractivity contribution in [3.05, 3.63) is 87.5 Å². The second kappa shape index (κ2) is 7.05. The fourth-order valence-electron chi connectivity index (χ4n) is 3.07. The fourth-order valence-corrected chi connectivity index (χ4v) is 3.84. The zero-order chi connectivity index (χ0) is 19.8. The Morgan fingerprint density at radius 1 is 0.929 bits per heavy atom. The molecule has 6 heteroatoms. The standard InChI is InChI=1S/C22H17FN2O2S/c1-13-5-10-17(12-14(13)2)25-21(26)19(18-4-3-11-28-18)20(22(25)27)24-16-8-6-15(23)7-9-16/h3-12,24H,1-2H3. The molecule has 0 aliphatic carbocycles. The number of benzene rings is 2. The van der Waals surface area contributed by atoms with Gasteiger partial charge in [0.1, 0.15) is 11.5 Å². The average Bonchev–Trinajstić information content (AvgIpc) is 3.27. The zero-order valence-corrected chi connectivity index (χ0v) is 16.1. The van der Waals surface area contributed by atoms with Gasteiger partial charge in [-0.15, -0.1) is 11.3 Å². The predicted molar refractivity (Wildman–Crippen MR) is 110 cm³/mol. The number of nitrogens with zero attached hydrogens (tertiary/aromatic N) is 1. The van der Waals surface area contributed by atoms with E-state index in [4.69, 9.17) is 0 Å². The first kappa shape index (κ1) is 18.1. The number of hydrogen-bond acceptors (Lipinski definition) is 4. The van der Waals surface area contributed by atoms with Gasteiger partial charge in [-0.05, 0) is 72.8 Å². The van der Waals surface area contributed by atoms with Crippen LogP contribution in [0.4, 0.5) is 15.8 Å². The number of hydrogen-bond donors (Lipinski definition) is 1. The Bertz CT molecular complexity index is 1100. The Kier molecular flexibility index (Phi) is 4.57. The molecule has 0 spiro atoms. The van der Waals surface area contributed by atoms with Crippen LogP contribution >= 0.6 is 11.3 Å². The Balaban J connectivity index is 1.79. The Morgan fingerprint density at radius 2 is 1.68 bits per heavy atom. The molecule has 1 aliphatic rings. The summed E-state index contributed by atoms with van der Waals surface area (Å²) in [6.45, 7) is 3.92. The SMILES string of the molecule is Cc1ccc(N2C(=O)C(Nc3ccc(F)cc3)=C(c3cccs3)C2=O)cc1C. The summed E-state index contributed by atoms with van der Waals surface area (Å²) in [7, 11) is 0. The van der Waals surface area contributed by atoms with Crippen molar-refractivity contribution in [2.45, 2.75) is 13.8 Å². The maximum Gasteiger partial charge on any atom is 0.282 e. The maximum absolute atomic E-state index is 13.2. The molecule has 0 fully saturated rings. The van der Waals surface area contributed by atoms with Gasteiger partial charge in [0, 0.05) is 10.6 Å². The first-order valence-electron chi connectivity index (χ1n) is 8.72. The van der Waals surface area contributed by atoms with Gasteiger partial charge in [-0.1, -0.05) is 12.1 Å². The lowest BCUT2D eigenvalue weighted by atomic mass is 10.1. The molecule has 1 N–H and O–H groups in total. The lowest BCUT2D eigenvalue weighted by molar-refractivity contribution is -0.120. The molecule has 0 unspecified atom stereocenters. The van der Waals surface area contributed by atoms with Crippen molar-refractivity contribution in [2.75, 3.05) is 10.2 Å². The van der Waals surface area contributed by atoms with Crippen LogP contribution in [0.1, 0.15) is 16.0 Å². The van der Waals surface area contributed by atoms with Gasteiger partial charge in [-0.2, -0.15) is 0 Å². The summed E-state index contributed by atoms with van der Waals surface area (Å²) in [5, 5.41) is 4.88. The third-order valence-electron chi connectivity index (χ3n) is 4.71. The van der Waals surface area contributed by atoms with Gasteiger partial charge in [0.2, 0.25) is 0 Å². The number of anilines is 2. The van der Waals surface area contributed by atoms with E-state index in [2.05, 4.69) is 5.32 Å². The van der Waals surface area contributed by atoms with E-state index < -0.39 is 5.91 Å². The van der Waals surface area contributed by atoms with Crippen LogP contribution in [-0.4, -0.2) is 11.8 Å². The maximum atomic E-state index is 13.2. The van der Waals surface area contributed by atoms with Crippen LogP contribution in [0.5, 0.6) is 0 Å². The van der Waals surface area contributed by atoms with Crippen LogP contribution in [-0.2, 0) is 9.59 Å². The molecule has 0 saturated carbocycles. The normalized spacial score (nSPS) is 14.2. The molecule has 2 aromatic carbocycles. The highest BCUT2D eigenvalue weighted by molar-refractivity contribution is 7.11. The second-order valence-corrected chi connectivity index (χ2v) is 7.52. The minimum atomic E-state index is -0.430. The highest BCUT2D eigenvalue weighted by Crippen LogP contribution is 2.36. The molecule has 1 aromatic heterocycles. The van der Waals surface area contributed by atoms with Crippen LogP contribution in [0.25, 0.3) is 5.57 Å². The van der Waals surface area contributed by atoms with E-state index in [1.165, 1.54) is 40.5 Å². The first-order chi connectivity index (χ1) is 13.5. The number of carbonyl (C=O) groups excluding carboxylic acids is 2. The summed E-state index contributed by atoms with van der Waals surface area (Å²) in [6.07, 6.45) is 0. The number of thiophene rings is 1. The summed E-state index contributed by atoms with van der Waals surface area (Å²) >= 11 is 1.39. The van der Waals surface area contributed by atoms with Crippen molar-refractivity contribution in [1.29, 1.82) is 0 Å². The lowest BCUT2D eigenvalue weighted by Gasteiger charge is -2.16. The lowest BCUT2D eigenvalue weighted by Crippen LogP contribution is -2.32. The van der Waals surface area contributed by atoms with E-state index in [0.29, 0.717) is 21.8 Å².